The summed E-state index contributed by atoms with van der Waals surface area (Å²) >= 11 is 5.99. The lowest BCUT2D eigenvalue weighted by atomic mass is 10.1. The van der Waals surface area contributed by atoms with Crippen LogP contribution in [0.2, 0.25) is 5.02 Å². The van der Waals surface area contributed by atoms with Gasteiger partial charge in [0.2, 0.25) is 5.76 Å². The van der Waals surface area contributed by atoms with E-state index in [0.717, 1.165) is 45.6 Å². The van der Waals surface area contributed by atoms with Gasteiger partial charge in [-0.3, -0.25) is 0 Å². The highest BCUT2D eigenvalue weighted by molar-refractivity contribution is 6.30. The highest BCUT2D eigenvalue weighted by Crippen LogP contribution is 2.32. The van der Waals surface area contributed by atoms with Crippen molar-refractivity contribution in [1.82, 2.24) is 0 Å². The van der Waals surface area contributed by atoms with Crippen molar-refractivity contribution in [2.45, 2.75) is 13.5 Å². The number of nitrogens with zero attached hydrogens (tertiary/aromatic N) is 1. The van der Waals surface area contributed by atoms with Crippen LogP contribution in [0.4, 0.5) is 0 Å². The topological polar surface area (TPSA) is 17.0 Å². The van der Waals surface area contributed by atoms with Gasteiger partial charge in [0, 0.05) is 10.6 Å². The van der Waals surface area contributed by atoms with E-state index in [0.29, 0.717) is 0 Å². The molecular formula is C25H21ClNO+. The molecule has 0 N–H and O–H groups in total. The van der Waals surface area contributed by atoms with Gasteiger partial charge in [0.15, 0.2) is 0 Å². The van der Waals surface area contributed by atoms with Gasteiger partial charge in [-0.15, -0.1) is 0 Å². The van der Waals surface area contributed by atoms with Crippen LogP contribution in [-0.4, -0.2) is 0 Å². The minimum absolute atomic E-state index is 0.733. The summed E-state index contributed by atoms with van der Waals surface area (Å²) in [4.78, 5) is 0. The number of hydrogen-bond acceptors (Lipinski definition) is 1. The maximum Gasteiger partial charge on any atom is 0.374 e. The summed E-state index contributed by atoms with van der Waals surface area (Å²) < 4.78 is 8.59. The Labute approximate surface area is 170 Å². The number of oxazole rings is 1. The Morgan fingerprint density at radius 1 is 0.786 bits per heavy atom. The van der Waals surface area contributed by atoms with E-state index in [9.17, 15) is 0 Å². The molecule has 4 rings (SSSR count). The van der Waals surface area contributed by atoms with Crippen LogP contribution in [0.3, 0.4) is 0 Å². The number of benzene rings is 3. The first-order valence-corrected chi connectivity index (χ1v) is 9.75. The van der Waals surface area contributed by atoms with Crippen LogP contribution < -0.4 is 4.57 Å². The molecule has 138 valence electrons. The first-order valence-electron chi connectivity index (χ1n) is 9.37. The van der Waals surface area contributed by atoms with E-state index in [2.05, 4.69) is 47.9 Å². The maximum atomic E-state index is 6.37. The van der Waals surface area contributed by atoms with Crippen LogP contribution in [-0.2, 0) is 6.54 Å². The van der Waals surface area contributed by atoms with Crippen molar-refractivity contribution in [3.05, 3.63) is 101 Å². The van der Waals surface area contributed by atoms with Crippen molar-refractivity contribution in [2.75, 3.05) is 0 Å². The number of halogens is 1. The average molecular weight is 387 g/mol. The Kier molecular flexibility index (Phi) is 5.41. The van der Waals surface area contributed by atoms with E-state index < -0.39 is 0 Å². The quantitative estimate of drug-likeness (QED) is 0.347. The molecule has 0 fully saturated rings. The van der Waals surface area contributed by atoms with Crippen molar-refractivity contribution in [2.24, 2.45) is 0 Å². The molecule has 0 saturated heterocycles. The van der Waals surface area contributed by atoms with Crippen LogP contribution in [0.5, 0.6) is 0 Å². The highest BCUT2D eigenvalue weighted by atomic mass is 35.5. The molecule has 0 aliphatic rings. The van der Waals surface area contributed by atoms with Crippen LogP contribution in [0.15, 0.2) is 89.3 Å². The molecule has 0 aliphatic carbocycles. The summed E-state index contributed by atoms with van der Waals surface area (Å²) in [6, 6.07) is 28.4. The molecular weight excluding hydrogens is 366 g/mol. The van der Waals surface area contributed by atoms with Gasteiger partial charge in [0.05, 0.1) is 11.6 Å². The highest BCUT2D eigenvalue weighted by Gasteiger charge is 2.28. The van der Waals surface area contributed by atoms with Crippen LogP contribution in [0.25, 0.3) is 34.7 Å². The number of hydrogen-bond donors (Lipinski definition) is 0. The van der Waals surface area contributed by atoms with Crippen molar-refractivity contribution in [1.29, 1.82) is 0 Å². The molecule has 0 spiro atoms. The Morgan fingerprint density at radius 2 is 1.39 bits per heavy atom. The van der Waals surface area contributed by atoms with Crippen molar-refractivity contribution < 1.29 is 8.98 Å². The molecule has 2 nitrogen and oxygen atoms in total. The van der Waals surface area contributed by atoms with Gasteiger partial charge in [-0.1, -0.05) is 72.3 Å². The summed E-state index contributed by atoms with van der Waals surface area (Å²) in [7, 11) is 0. The molecule has 4 aromatic rings. The minimum Gasteiger partial charge on any atom is -0.397 e. The molecule has 3 heteroatoms. The SMILES string of the molecule is CC[n+]1c(C=Cc2ccc(Cl)cc2)oc(-c2ccccc2)c1-c1ccccc1. The van der Waals surface area contributed by atoms with E-state index in [1.807, 2.05) is 60.7 Å². The van der Waals surface area contributed by atoms with E-state index >= 15 is 0 Å². The Balaban J connectivity index is 1.85. The standard InChI is InChI=1S/C25H21ClNO/c1-2-27-23(18-15-19-13-16-22(26)17-14-19)28-25(21-11-7-4-8-12-21)24(27)20-9-5-3-6-10-20/h3-18H,2H2,1H3/q+1. The molecule has 0 atom stereocenters. The van der Waals surface area contributed by atoms with Gasteiger partial charge < -0.3 is 4.42 Å². The number of rotatable bonds is 5. The summed E-state index contributed by atoms with van der Waals surface area (Å²) in [6.45, 7) is 2.94. The van der Waals surface area contributed by atoms with Gasteiger partial charge >= 0.3 is 5.89 Å². The second-order valence-electron chi connectivity index (χ2n) is 6.48. The number of aromatic nitrogens is 1. The molecule has 0 aliphatic heterocycles. The first-order chi connectivity index (χ1) is 13.8. The fourth-order valence-electron chi connectivity index (χ4n) is 3.29. The van der Waals surface area contributed by atoms with E-state index in [1.165, 1.54) is 0 Å². The van der Waals surface area contributed by atoms with Gasteiger partial charge in [-0.25, -0.2) is 0 Å². The zero-order valence-electron chi connectivity index (χ0n) is 15.7. The monoisotopic (exact) mass is 386 g/mol. The third-order valence-electron chi connectivity index (χ3n) is 4.65. The predicted molar refractivity (Wildman–Crippen MR) is 116 cm³/mol. The van der Waals surface area contributed by atoms with Gasteiger partial charge in [0.1, 0.15) is 6.54 Å². The van der Waals surface area contributed by atoms with Gasteiger partial charge in [-0.05, 0) is 42.8 Å². The zero-order chi connectivity index (χ0) is 19.3. The molecule has 28 heavy (non-hydrogen) atoms. The molecule has 0 amide bonds. The average Bonchev–Trinajstić information content (AvgIpc) is 3.13. The molecule has 0 saturated carbocycles. The van der Waals surface area contributed by atoms with Crippen molar-refractivity contribution >= 4 is 23.8 Å². The van der Waals surface area contributed by atoms with Gasteiger partial charge in [0.25, 0.3) is 5.69 Å². The minimum atomic E-state index is 0.733. The van der Waals surface area contributed by atoms with Gasteiger partial charge in [-0.2, -0.15) is 4.57 Å². The summed E-state index contributed by atoms with van der Waals surface area (Å²) in [6.07, 6.45) is 4.07. The molecule has 1 heterocycles. The fraction of sp³-hybridized carbons (Fsp3) is 0.0800. The molecule has 1 aromatic heterocycles. The third-order valence-corrected chi connectivity index (χ3v) is 4.90. The molecule has 0 radical (unpaired) electrons. The third kappa shape index (κ3) is 3.78. The van der Waals surface area contributed by atoms with Crippen LogP contribution >= 0.6 is 11.6 Å². The zero-order valence-corrected chi connectivity index (χ0v) is 16.4. The summed E-state index contributed by atoms with van der Waals surface area (Å²) in [5, 5.41) is 0.733. The normalized spacial score (nSPS) is 11.2. The molecule has 3 aromatic carbocycles. The van der Waals surface area contributed by atoms with E-state index in [1.54, 1.807) is 0 Å². The summed E-state index contributed by atoms with van der Waals surface area (Å²) in [5.41, 5.74) is 4.36. The lowest BCUT2D eigenvalue weighted by Gasteiger charge is -2.00. The van der Waals surface area contributed by atoms with Crippen LogP contribution in [0.1, 0.15) is 18.4 Å². The Bertz CT molecular complexity index is 1080. The van der Waals surface area contributed by atoms with E-state index in [-0.39, 0.29) is 0 Å². The Hall–Kier alpha value is -3.10. The molecule has 0 bridgehead atoms. The maximum absolute atomic E-state index is 6.37. The van der Waals surface area contributed by atoms with E-state index in [4.69, 9.17) is 16.0 Å². The van der Waals surface area contributed by atoms with Crippen molar-refractivity contribution in [3.63, 3.8) is 0 Å². The second-order valence-corrected chi connectivity index (χ2v) is 6.92. The fourth-order valence-corrected chi connectivity index (χ4v) is 3.41. The lowest BCUT2D eigenvalue weighted by Crippen LogP contribution is -2.35. The largest absolute Gasteiger partial charge is 0.397 e. The smallest absolute Gasteiger partial charge is 0.374 e. The second kappa shape index (κ2) is 8.28. The lowest BCUT2D eigenvalue weighted by molar-refractivity contribution is -0.687. The Morgan fingerprint density at radius 3 is 2.00 bits per heavy atom. The summed E-state index contributed by atoms with van der Waals surface area (Å²) in [5.74, 6) is 1.69. The first kappa shape index (κ1) is 18.3. The predicted octanol–water partition coefficient (Wildman–Crippen LogP) is 6.74. The van der Waals surface area contributed by atoms with Crippen LogP contribution in [0, 0.1) is 0 Å². The molecule has 0 unspecified atom stereocenters. The van der Waals surface area contributed by atoms with Crippen molar-refractivity contribution in [3.8, 4) is 22.6 Å².